The normalized spacial score (nSPS) is 11.3. The fraction of sp³-hybridized carbons (Fsp3) is 0.350. The number of carbonyl (C=O) groups excluding carboxylic acids is 1. The van der Waals surface area contributed by atoms with Gasteiger partial charge in [0, 0.05) is 23.7 Å². The average Bonchev–Trinajstić information content (AvgIpc) is 2.62. The summed E-state index contributed by atoms with van der Waals surface area (Å²) in [5, 5.41) is 3.42. The molecule has 0 fully saturated rings. The smallest absolute Gasteiger partial charge is 0.232 e. The molecule has 0 atom stereocenters. The van der Waals surface area contributed by atoms with Crippen molar-refractivity contribution in [1.82, 2.24) is 0 Å². The van der Waals surface area contributed by atoms with Gasteiger partial charge in [0.2, 0.25) is 15.9 Å². The summed E-state index contributed by atoms with van der Waals surface area (Å²) < 4.78 is 25.6. The number of halogens is 1. The fourth-order valence-electron chi connectivity index (χ4n) is 2.72. The standard InChI is InChI=1S/C20H25ClN2O3S/c1-4-16-10-12-17(13-11-16)23(27(3,25)26)14-6-9-20(24)22-19-8-5-7-18(21)15(19)2/h5,7-8,10-13H,4,6,9,14H2,1-3H3,(H,22,24). The Balaban J connectivity index is 1.99. The molecule has 0 radical (unpaired) electrons. The Bertz CT molecular complexity index is 896. The van der Waals surface area contributed by atoms with Crippen molar-refractivity contribution in [3.8, 4) is 0 Å². The second kappa shape index (κ2) is 9.24. The summed E-state index contributed by atoms with van der Waals surface area (Å²) in [5.41, 5.74) is 3.23. The molecule has 0 spiro atoms. The van der Waals surface area contributed by atoms with Gasteiger partial charge in [-0.25, -0.2) is 8.42 Å². The topological polar surface area (TPSA) is 66.5 Å². The van der Waals surface area contributed by atoms with Gasteiger partial charge in [0.05, 0.1) is 11.9 Å². The molecule has 1 amide bonds. The Labute approximate surface area is 166 Å². The summed E-state index contributed by atoms with van der Waals surface area (Å²) in [6.45, 7) is 4.12. The molecule has 2 rings (SSSR count). The van der Waals surface area contributed by atoms with E-state index in [1.165, 1.54) is 10.6 Å². The summed E-state index contributed by atoms with van der Waals surface area (Å²) in [6, 6.07) is 12.8. The van der Waals surface area contributed by atoms with Gasteiger partial charge in [-0.1, -0.05) is 36.7 Å². The van der Waals surface area contributed by atoms with Crippen LogP contribution in [0.4, 0.5) is 11.4 Å². The second-order valence-corrected chi connectivity index (χ2v) is 8.73. The third-order valence-electron chi connectivity index (χ3n) is 4.34. The molecule has 0 aliphatic rings. The van der Waals surface area contributed by atoms with E-state index in [1.54, 1.807) is 30.3 Å². The maximum absolute atomic E-state index is 12.2. The van der Waals surface area contributed by atoms with E-state index >= 15 is 0 Å². The summed E-state index contributed by atoms with van der Waals surface area (Å²) in [4.78, 5) is 12.2. The highest BCUT2D eigenvalue weighted by Crippen LogP contribution is 2.23. The third-order valence-corrected chi connectivity index (χ3v) is 5.94. The minimum absolute atomic E-state index is 0.171. The molecule has 2 aromatic rings. The van der Waals surface area contributed by atoms with Crippen molar-refractivity contribution in [1.29, 1.82) is 0 Å². The number of sulfonamides is 1. The van der Waals surface area contributed by atoms with Gasteiger partial charge in [0.15, 0.2) is 0 Å². The summed E-state index contributed by atoms with van der Waals surface area (Å²) >= 11 is 6.06. The number of amides is 1. The van der Waals surface area contributed by atoms with Gasteiger partial charge in [0.25, 0.3) is 0 Å². The van der Waals surface area contributed by atoms with Crippen LogP contribution in [0.3, 0.4) is 0 Å². The van der Waals surface area contributed by atoms with Gasteiger partial charge in [-0.2, -0.15) is 0 Å². The highest BCUT2D eigenvalue weighted by molar-refractivity contribution is 7.92. The van der Waals surface area contributed by atoms with E-state index in [1.807, 2.05) is 26.0 Å². The lowest BCUT2D eigenvalue weighted by Gasteiger charge is -2.22. The number of rotatable bonds is 8. The predicted octanol–water partition coefficient (Wildman–Crippen LogP) is 4.40. The number of anilines is 2. The summed E-state index contributed by atoms with van der Waals surface area (Å²) in [6.07, 6.45) is 2.69. The summed E-state index contributed by atoms with van der Waals surface area (Å²) in [5.74, 6) is -0.171. The monoisotopic (exact) mass is 408 g/mol. The molecule has 0 aliphatic heterocycles. The molecular weight excluding hydrogens is 384 g/mol. The molecule has 0 saturated heterocycles. The van der Waals surface area contributed by atoms with Crippen LogP contribution in [0.2, 0.25) is 5.02 Å². The lowest BCUT2D eigenvalue weighted by Crippen LogP contribution is -2.31. The molecule has 7 heteroatoms. The van der Waals surface area contributed by atoms with Crippen LogP contribution in [-0.4, -0.2) is 27.1 Å². The molecule has 0 aromatic heterocycles. The molecule has 27 heavy (non-hydrogen) atoms. The molecule has 0 bridgehead atoms. The van der Waals surface area contributed by atoms with Crippen molar-refractivity contribution < 1.29 is 13.2 Å². The molecule has 0 heterocycles. The summed E-state index contributed by atoms with van der Waals surface area (Å²) in [7, 11) is -3.42. The highest BCUT2D eigenvalue weighted by atomic mass is 35.5. The van der Waals surface area contributed by atoms with Crippen molar-refractivity contribution in [3.05, 3.63) is 58.6 Å². The van der Waals surface area contributed by atoms with Crippen molar-refractivity contribution in [2.45, 2.75) is 33.1 Å². The number of carbonyl (C=O) groups is 1. The Morgan fingerprint density at radius 2 is 1.81 bits per heavy atom. The van der Waals surface area contributed by atoms with E-state index in [4.69, 9.17) is 11.6 Å². The zero-order valence-electron chi connectivity index (χ0n) is 15.8. The lowest BCUT2D eigenvalue weighted by atomic mass is 10.1. The van der Waals surface area contributed by atoms with Crippen LogP contribution in [0, 0.1) is 6.92 Å². The minimum Gasteiger partial charge on any atom is -0.326 e. The van der Waals surface area contributed by atoms with Gasteiger partial charge in [-0.15, -0.1) is 0 Å². The molecule has 0 saturated carbocycles. The van der Waals surface area contributed by atoms with E-state index < -0.39 is 10.0 Å². The first kappa shape index (κ1) is 21.3. The molecule has 0 aliphatic carbocycles. The number of nitrogens with zero attached hydrogens (tertiary/aromatic N) is 1. The van der Waals surface area contributed by atoms with Crippen LogP contribution in [0.5, 0.6) is 0 Å². The van der Waals surface area contributed by atoms with Crippen LogP contribution in [0.1, 0.15) is 30.9 Å². The van der Waals surface area contributed by atoms with Crippen molar-refractivity contribution in [2.24, 2.45) is 0 Å². The molecule has 1 N–H and O–H groups in total. The third kappa shape index (κ3) is 5.97. The van der Waals surface area contributed by atoms with Crippen LogP contribution in [0.15, 0.2) is 42.5 Å². The SMILES string of the molecule is CCc1ccc(N(CCCC(=O)Nc2cccc(Cl)c2C)S(C)(=O)=O)cc1. The van der Waals surface area contributed by atoms with Gasteiger partial charge in [0.1, 0.15) is 0 Å². The Kier molecular flexibility index (Phi) is 7.27. The average molecular weight is 409 g/mol. The second-order valence-electron chi connectivity index (χ2n) is 6.42. The van der Waals surface area contributed by atoms with Gasteiger partial charge < -0.3 is 5.32 Å². The van der Waals surface area contributed by atoms with Crippen LogP contribution < -0.4 is 9.62 Å². The molecular formula is C20H25ClN2O3S. The first-order chi connectivity index (χ1) is 12.7. The zero-order valence-corrected chi connectivity index (χ0v) is 17.4. The quantitative estimate of drug-likeness (QED) is 0.704. The number of nitrogens with one attached hydrogen (secondary N) is 1. The maximum Gasteiger partial charge on any atom is 0.232 e. The van der Waals surface area contributed by atoms with Crippen LogP contribution in [0.25, 0.3) is 0 Å². The molecule has 5 nitrogen and oxygen atoms in total. The van der Waals surface area contributed by atoms with Crippen molar-refractivity contribution >= 4 is 38.9 Å². The van der Waals surface area contributed by atoms with E-state index in [0.717, 1.165) is 17.5 Å². The molecule has 0 unspecified atom stereocenters. The van der Waals surface area contributed by atoms with Gasteiger partial charge in [-0.05, 0) is 55.2 Å². The number of hydrogen-bond acceptors (Lipinski definition) is 3. The fourth-order valence-corrected chi connectivity index (χ4v) is 3.86. The number of aryl methyl sites for hydroxylation is 1. The molecule has 2 aromatic carbocycles. The Hall–Kier alpha value is -2.05. The van der Waals surface area contributed by atoms with Crippen molar-refractivity contribution in [2.75, 3.05) is 22.4 Å². The Morgan fingerprint density at radius 3 is 2.41 bits per heavy atom. The Morgan fingerprint density at radius 1 is 1.15 bits per heavy atom. The first-order valence-electron chi connectivity index (χ1n) is 8.84. The van der Waals surface area contributed by atoms with Crippen molar-refractivity contribution in [3.63, 3.8) is 0 Å². The number of hydrogen-bond donors (Lipinski definition) is 1. The van der Waals surface area contributed by atoms with E-state index in [9.17, 15) is 13.2 Å². The van der Waals surface area contributed by atoms with Crippen LogP contribution in [-0.2, 0) is 21.2 Å². The predicted molar refractivity (Wildman–Crippen MR) is 112 cm³/mol. The van der Waals surface area contributed by atoms with E-state index in [0.29, 0.717) is 22.8 Å². The van der Waals surface area contributed by atoms with Gasteiger partial charge >= 0.3 is 0 Å². The van der Waals surface area contributed by atoms with Crippen LogP contribution >= 0.6 is 11.6 Å². The lowest BCUT2D eigenvalue weighted by molar-refractivity contribution is -0.116. The van der Waals surface area contributed by atoms with Gasteiger partial charge in [-0.3, -0.25) is 9.10 Å². The zero-order chi connectivity index (χ0) is 20.0. The largest absolute Gasteiger partial charge is 0.326 e. The minimum atomic E-state index is -3.42. The number of benzene rings is 2. The van der Waals surface area contributed by atoms with E-state index in [2.05, 4.69) is 5.32 Å². The maximum atomic E-state index is 12.2. The van der Waals surface area contributed by atoms with E-state index in [-0.39, 0.29) is 18.9 Å². The molecule has 146 valence electrons. The first-order valence-corrected chi connectivity index (χ1v) is 11.1. The highest BCUT2D eigenvalue weighted by Gasteiger charge is 2.17.